The van der Waals surface area contributed by atoms with Crippen molar-refractivity contribution in [2.24, 2.45) is 0 Å². The summed E-state index contributed by atoms with van der Waals surface area (Å²) in [4.78, 5) is 26.2. The van der Waals surface area contributed by atoms with E-state index in [0.717, 1.165) is 48.7 Å². The number of piperazine rings is 1. The van der Waals surface area contributed by atoms with E-state index in [9.17, 15) is 4.79 Å². The van der Waals surface area contributed by atoms with E-state index in [1.807, 2.05) is 25.1 Å². The number of ether oxygens (including phenoxy) is 1. The van der Waals surface area contributed by atoms with Crippen LogP contribution in [0, 0.1) is 6.92 Å². The zero-order valence-corrected chi connectivity index (χ0v) is 17.8. The molecule has 4 rings (SSSR count). The van der Waals surface area contributed by atoms with Gasteiger partial charge in [0, 0.05) is 42.3 Å². The number of carbonyl (C=O) groups excluding carboxylic acids is 1. The third kappa shape index (κ3) is 4.80. The number of hydrogen-bond acceptors (Lipinski definition) is 6. The molecule has 1 saturated heterocycles. The second-order valence-electron chi connectivity index (χ2n) is 7.42. The maximum absolute atomic E-state index is 12.3. The molecule has 0 bridgehead atoms. The number of amides is 1. The average molecular weight is 426 g/mol. The van der Waals surface area contributed by atoms with Crippen LogP contribution in [0.3, 0.4) is 0 Å². The molecular weight excluding hydrogens is 402 g/mol. The molecule has 0 atom stereocenters. The van der Waals surface area contributed by atoms with Gasteiger partial charge >= 0.3 is 0 Å². The van der Waals surface area contributed by atoms with Crippen molar-refractivity contribution in [3.8, 4) is 5.75 Å². The molecule has 8 heteroatoms. The minimum absolute atomic E-state index is 0.0858. The molecule has 1 amide bonds. The summed E-state index contributed by atoms with van der Waals surface area (Å²) in [6.45, 7) is 5.73. The van der Waals surface area contributed by atoms with Gasteiger partial charge in [0.25, 0.3) is 5.91 Å². The van der Waals surface area contributed by atoms with Gasteiger partial charge in [-0.05, 0) is 56.4 Å². The maximum Gasteiger partial charge on any atom is 0.262 e. The molecular formula is C22H24ClN5O2. The van der Waals surface area contributed by atoms with Gasteiger partial charge in [0.2, 0.25) is 5.95 Å². The summed E-state index contributed by atoms with van der Waals surface area (Å²) in [6, 6.07) is 12.6. The monoisotopic (exact) mass is 425 g/mol. The Morgan fingerprint density at radius 3 is 2.57 bits per heavy atom. The summed E-state index contributed by atoms with van der Waals surface area (Å²) in [7, 11) is 2.13. The number of nitrogens with one attached hydrogen (secondary N) is 1. The summed E-state index contributed by atoms with van der Waals surface area (Å²) >= 11 is 5.85. The Morgan fingerprint density at radius 2 is 1.83 bits per heavy atom. The lowest BCUT2D eigenvalue weighted by Crippen LogP contribution is -2.45. The fourth-order valence-electron chi connectivity index (χ4n) is 3.37. The molecule has 0 unspecified atom stereocenters. The summed E-state index contributed by atoms with van der Waals surface area (Å²) in [5.41, 5.74) is 2.44. The van der Waals surface area contributed by atoms with Gasteiger partial charge in [-0.1, -0.05) is 11.6 Å². The Morgan fingerprint density at radius 1 is 1.10 bits per heavy atom. The Bertz CT molecular complexity index is 1050. The lowest BCUT2D eigenvalue weighted by Gasteiger charge is -2.32. The fourth-order valence-corrected chi connectivity index (χ4v) is 3.49. The van der Waals surface area contributed by atoms with Crippen LogP contribution in [-0.4, -0.2) is 60.6 Å². The van der Waals surface area contributed by atoms with Crippen molar-refractivity contribution in [3.63, 3.8) is 0 Å². The molecule has 156 valence electrons. The topological polar surface area (TPSA) is 70.6 Å². The normalized spacial score (nSPS) is 14.7. The minimum Gasteiger partial charge on any atom is -0.484 e. The van der Waals surface area contributed by atoms with Crippen LogP contribution in [0.4, 0.5) is 11.6 Å². The predicted molar refractivity (Wildman–Crippen MR) is 120 cm³/mol. The number of benzene rings is 2. The lowest BCUT2D eigenvalue weighted by atomic mass is 10.1. The first-order chi connectivity index (χ1) is 14.5. The van der Waals surface area contributed by atoms with Crippen LogP contribution in [0.25, 0.3) is 10.9 Å². The molecule has 1 aliphatic rings. The Hall–Kier alpha value is -2.90. The number of carbonyl (C=O) groups is 1. The van der Waals surface area contributed by atoms with Crippen LogP contribution in [0.2, 0.25) is 5.02 Å². The third-order valence-electron chi connectivity index (χ3n) is 5.13. The van der Waals surface area contributed by atoms with Gasteiger partial charge in [0.05, 0.1) is 11.2 Å². The second kappa shape index (κ2) is 8.85. The standard InChI is InChI=1S/C22H24ClN5O2/c1-15-19-13-17(25-21(29)14-30-18-6-3-16(23)4-7-18)5-8-20(19)26-22(24-15)28-11-9-27(2)10-12-28/h3-8,13H,9-12,14H2,1-2H3,(H,25,29). The average Bonchev–Trinajstić information content (AvgIpc) is 2.74. The Labute approximate surface area is 180 Å². The number of aryl methyl sites for hydroxylation is 1. The van der Waals surface area contributed by atoms with E-state index in [1.165, 1.54) is 0 Å². The van der Waals surface area contributed by atoms with E-state index >= 15 is 0 Å². The lowest BCUT2D eigenvalue weighted by molar-refractivity contribution is -0.118. The molecule has 1 fully saturated rings. The van der Waals surface area contributed by atoms with Crippen molar-refractivity contribution in [3.05, 3.63) is 53.2 Å². The Kier molecular flexibility index (Phi) is 6.01. The van der Waals surface area contributed by atoms with Crippen LogP contribution in [0.15, 0.2) is 42.5 Å². The zero-order valence-electron chi connectivity index (χ0n) is 17.1. The molecule has 1 N–H and O–H groups in total. The molecule has 0 saturated carbocycles. The molecule has 3 aromatic rings. The molecule has 0 aliphatic carbocycles. The van der Waals surface area contributed by atoms with E-state index in [2.05, 4.69) is 22.2 Å². The highest BCUT2D eigenvalue weighted by Gasteiger charge is 2.18. The molecule has 30 heavy (non-hydrogen) atoms. The number of likely N-dealkylation sites (N-methyl/N-ethyl adjacent to an activating group) is 1. The summed E-state index contributed by atoms with van der Waals surface area (Å²) in [6.07, 6.45) is 0. The van der Waals surface area contributed by atoms with Crippen molar-refractivity contribution < 1.29 is 9.53 Å². The largest absolute Gasteiger partial charge is 0.484 e. The van der Waals surface area contributed by atoms with E-state index in [1.54, 1.807) is 24.3 Å². The van der Waals surface area contributed by atoms with Crippen molar-refractivity contribution in [2.75, 3.05) is 50.1 Å². The number of anilines is 2. The molecule has 1 aromatic heterocycles. The van der Waals surface area contributed by atoms with Gasteiger partial charge in [0.15, 0.2) is 6.61 Å². The minimum atomic E-state index is -0.239. The van der Waals surface area contributed by atoms with Crippen molar-refractivity contribution in [2.45, 2.75) is 6.92 Å². The van der Waals surface area contributed by atoms with Gasteiger partial charge in [-0.3, -0.25) is 4.79 Å². The highest BCUT2D eigenvalue weighted by molar-refractivity contribution is 6.30. The second-order valence-corrected chi connectivity index (χ2v) is 7.86. The van der Waals surface area contributed by atoms with Crippen molar-refractivity contribution >= 4 is 40.0 Å². The van der Waals surface area contributed by atoms with Gasteiger partial charge in [-0.25, -0.2) is 9.97 Å². The smallest absolute Gasteiger partial charge is 0.262 e. The third-order valence-corrected chi connectivity index (χ3v) is 5.38. The number of halogens is 1. The molecule has 0 radical (unpaired) electrons. The van der Waals surface area contributed by atoms with Gasteiger partial charge in [0.1, 0.15) is 5.75 Å². The van der Waals surface area contributed by atoms with Gasteiger partial charge in [-0.15, -0.1) is 0 Å². The molecule has 1 aliphatic heterocycles. The van der Waals surface area contributed by atoms with Gasteiger partial charge < -0.3 is 19.9 Å². The van der Waals surface area contributed by atoms with Crippen molar-refractivity contribution in [1.82, 2.24) is 14.9 Å². The first-order valence-corrected chi connectivity index (χ1v) is 10.3. The van der Waals surface area contributed by atoms with Crippen molar-refractivity contribution in [1.29, 1.82) is 0 Å². The summed E-state index contributed by atoms with van der Waals surface area (Å²) in [5.74, 6) is 1.12. The van der Waals surface area contributed by atoms with E-state index in [-0.39, 0.29) is 12.5 Å². The van der Waals surface area contributed by atoms with Gasteiger partial charge in [-0.2, -0.15) is 0 Å². The number of rotatable bonds is 5. The molecule has 2 aromatic carbocycles. The molecule has 2 heterocycles. The zero-order chi connectivity index (χ0) is 21.1. The number of hydrogen-bond donors (Lipinski definition) is 1. The SMILES string of the molecule is Cc1nc(N2CCN(C)CC2)nc2ccc(NC(=O)COc3ccc(Cl)cc3)cc12. The number of aromatic nitrogens is 2. The van der Waals surface area contributed by atoms with Crippen LogP contribution in [0.1, 0.15) is 5.69 Å². The van der Waals surface area contributed by atoms with E-state index in [0.29, 0.717) is 16.5 Å². The number of fused-ring (bicyclic) bond motifs is 1. The number of nitrogens with zero attached hydrogens (tertiary/aromatic N) is 4. The van der Waals surface area contributed by atoms with Crippen LogP contribution in [0.5, 0.6) is 5.75 Å². The van der Waals surface area contributed by atoms with Crippen LogP contribution in [-0.2, 0) is 4.79 Å². The first kappa shape index (κ1) is 20.4. The van der Waals surface area contributed by atoms with E-state index in [4.69, 9.17) is 26.3 Å². The molecule has 0 spiro atoms. The fraction of sp³-hybridized carbons (Fsp3) is 0.318. The highest BCUT2D eigenvalue weighted by Crippen LogP contribution is 2.23. The molecule has 7 nitrogen and oxygen atoms in total. The Balaban J connectivity index is 1.43. The van der Waals surface area contributed by atoms with E-state index < -0.39 is 0 Å². The van der Waals surface area contributed by atoms with Crippen LogP contribution >= 0.6 is 11.6 Å². The van der Waals surface area contributed by atoms with Crippen LogP contribution < -0.4 is 15.0 Å². The maximum atomic E-state index is 12.3. The first-order valence-electron chi connectivity index (χ1n) is 9.88. The highest BCUT2D eigenvalue weighted by atomic mass is 35.5. The summed E-state index contributed by atoms with van der Waals surface area (Å²) in [5, 5.41) is 4.41. The summed E-state index contributed by atoms with van der Waals surface area (Å²) < 4.78 is 5.49. The quantitative estimate of drug-likeness (QED) is 0.675. The predicted octanol–water partition coefficient (Wildman–Crippen LogP) is 3.36.